The molecule has 2 N–H and O–H groups in total. The normalized spacial score (nSPS) is 13.9. The zero-order chi connectivity index (χ0) is 16.4. The summed E-state index contributed by atoms with van der Waals surface area (Å²) < 4.78 is 0. The van der Waals surface area contributed by atoms with Gasteiger partial charge in [0.2, 0.25) is 0 Å². The van der Waals surface area contributed by atoms with Crippen LogP contribution in [0, 0.1) is 0 Å². The molecule has 5 heteroatoms. The van der Waals surface area contributed by atoms with Crippen LogP contribution in [-0.2, 0) is 19.3 Å². The minimum atomic E-state index is 0.103. The SMILES string of the molecule is OCCNc1nc(Cc2ccccc2)nc2sc3c(c12)CCCC3. The lowest BCUT2D eigenvalue weighted by molar-refractivity contribution is 0.311. The number of thiophene rings is 1. The van der Waals surface area contributed by atoms with Crippen LogP contribution in [0.2, 0.25) is 0 Å². The molecule has 0 saturated carbocycles. The molecule has 24 heavy (non-hydrogen) atoms. The maximum atomic E-state index is 9.19. The number of benzene rings is 1. The quantitative estimate of drug-likeness (QED) is 0.746. The third kappa shape index (κ3) is 3.01. The van der Waals surface area contributed by atoms with Crippen molar-refractivity contribution in [3.63, 3.8) is 0 Å². The van der Waals surface area contributed by atoms with E-state index in [2.05, 4.69) is 17.4 Å². The van der Waals surface area contributed by atoms with Crippen LogP contribution in [0.4, 0.5) is 5.82 Å². The number of fused-ring (bicyclic) bond motifs is 3. The third-order valence-electron chi connectivity index (χ3n) is 4.47. The smallest absolute Gasteiger partial charge is 0.138 e. The standard InChI is InChI=1S/C19H21N3OS/c23-11-10-20-18-17-14-8-4-5-9-15(14)24-19(17)22-16(21-18)12-13-6-2-1-3-7-13/h1-3,6-7,23H,4-5,8-12H2,(H,20,21,22). The number of hydrogen-bond acceptors (Lipinski definition) is 5. The van der Waals surface area contributed by atoms with E-state index < -0.39 is 0 Å². The first-order chi connectivity index (χ1) is 11.8. The monoisotopic (exact) mass is 339 g/mol. The summed E-state index contributed by atoms with van der Waals surface area (Å²) in [5, 5.41) is 13.7. The molecule has 0 amide bonds. The molecule has 0 unspecified atom stereocenters. The number of hydrogen-bond donors (Lipinski definition) is 2. The average molecular weight is 339 g/mol. The van der Waals surface area contributed by atoms with Gasteiger partial charge >= 0.3 is 0 Å². The maximum Gasteiger partial charge on any atom is 0.138 e. The Labute approximate surface area is 145 Å². The summed E-state index contributed by atoms with van der Waals surface area (Å²) in [5.41, 5.74) is 2.64. The molecular weight excluding hydrogens is 318 g/mol. The molecular formula is C19H21N3OS. The number of rotatable bonds is 5. The number of aromatic nitrogens is 2. The number of aliphatic hydroxyl groups is 1. The van der Waals surface area contributed by atoms with E-state index in [4.69, 9.17) is 9.97 Å². The van der Waals surface area contributed by atoms with Gasteiger partial charge < -0.3 is 10.4 Å². The van der Waals surface area contributed by atoms with Crippen molar-refractivity contribution in [1.29, 1.82) is 0 Å². The van der Waals surface area contributed by atoms with Crippen molar-refractivity contribution < 1.29 is 5.11 Å². The second kappa shape index (κ2) is 6.87. The number of aliphatic hydroxyl groups excluding tert-OH is 1. The summed E-state index contributed by atoms with van der Waals surface area (Å²) in [6.07, 6.45) is 5.51. The van der Waals surface area contributed by atoms with Crippen LogP contribution in [-0.4, -0.2) is 28.2 Å². The van der Waals surface area contributed by atoms with Crippen LogP contribution in [0.3, 0.4) is 0 Å². The Morgan fingerprint density at radius 3 is 2.75 bits per heavy atom. The summed E-state index contributed by atoms with van der Waals surface area (Å²) in [6, 6.07) is 10.3. The highest BCUT2D eigenvalue weighted by atomic mass is 32.1. The van der Waals surface area contributed by atoms with Crippen LogP contribution >= 0.6 is 11.3 Å². The third-order valence-corrected chi connectivity index (χ3v) is 5.66. The topological polar surface area (TPSA) is 58.0 Å². The maximum absolute atomic E-state index is 9.19. The van der Waals surface area contributed by atoms with Crippen LogP contribution in [0.15, 0.2) is 30.3 Å². The summed E-state index contributed by atoms with van der Waals surface area (Å²) in [7, 11) is 0. The van der Waals surface area contributed by atoms with Gasteiger partial charge in [0.15, 0.2) is 0 Å². The number of anilines is 1. The number of nitrogens with one attached hydrogen (secondary N) is 1. The first-order valence-electron chi connectivity index (χ1n) is 8.55. The first kappa shape index (κ1) is 15.5. The molecule has 0 saturated heterocycles. The van der Waals surface area contributed by atoms with E-state index in [1.54, 1.807) is 0 Å². The van der Waals surface area contributed by atoms with Gasteiger partial charge in [0.25, 0.3) is 0 Å². The lowest BCUT2D eigenvalue weighted by Crippen LogP contribution is -2.10. The van der Waals surface area contributed by atoms with Crippen LogP contribution < -0.4 is 5.32 Å². The molecule has 0 radical (unpaired) electrons. The fraction of sp³-hybridized carbons (Fsp3) is 0.368. The Balaban J connectivity index is 1.78. The molecule has 0 bridgehead atoms. The Morgan fingerprint density at radius 2 is 1.92 bits per heavy atom. The molecule has 0 spiro atoms. The van der Waals surface area contributed by atoms with Crippen molar-refractivity contribution in [3.05, 3.63) is 52.2 Å². The largest absolute Gasteiger partial charge is 0.395 e. The molecule has 0 atom stereocenters. The van der Waals surface area contributed by atoms with Gasteiger partial charge in [0.1, 0.15) is 16.5 Å². The van der Waals surface area contributed by atoms with E-state index in [9.17, 15) is 5.11 Å². The average Bonchev–Trinajstić information content (AvgIpc) is 2.99. The van der Waals surface area contributed by atoms with E-state index in [1.807, 2.05) is 29.5 Å². The number of aryl methyl sites for hydroxylation is 2. The molecule has 0 aliphatic heterocycles. The fourth-order valence-corrected chi connectivity index (χ4v) is 4.64. The Kier molecular flexibility index (Phi) is 4.45. The first-order valence-corrected chi connectivity index (χ1v) is 9.36. The Hall–Kier alpha value is -1.98. The van der Waals surface area contributed by atoms with E-state index >= 15 is 0 Å². The molecule has 4 rings (SSSR count). The van der Waals surface area contributed by atoms with Crippen molar-refractivity contribution in [3.8, 4) is 0 Å². The van der Waals surface area contributed by atoms with Crippen LogP contribution in [0.1, 0.15) is 34.7 Å². The van der Waals surface area contributed by atoms with Gasteiger partial charge in [-0.15, -0.1) is 11.3 Å². The zero-order valence-electron chi connectivity index (χ0n) is 13.6. The fourth-order valence-electron chi connectivity index (χ4n) is 3.36. The lowest BCUT2D eigenvalue weighted by atomic mass is 9.97. The van der Waals surface area contributed by atoms with Crippen LogP contribution in [0.25, 0.3) is 10.2 Å². The van der Waals surface area contributed by atoms with Crippen molar-refractivity contribution in [2.45, 2.75) is 32.1 Å². The van der Waals surface area contributed by atoms with Crippen molar-refractivity contribution in [2.75, 3.05) is 18.5 Å². The summed E-state index contributed by atoms with van der Waals surface area (Å²) in [4.78, 5) is 12.2. The molecule has 0 fully saturated rings. The van der Waals surface area contributed by atoms with Gasteiger partial charge in [-0.1, -0.05) is 30.3 Å². The van der Waals surface area contributed by atoms with Crippen molar-refractivity contribution in [2.24, 2.45) is 0 Å². The molecule has 2 heterocycles. The highest BCUT2D eigenvalue weighted by Crippen LogP contribution is 2.38. The van der Waals surface area contributed by atoms with Gasteiger partial charge in [0, 0.05) is 17.8 Å². The lowest BCUT2D eigenvalue weighted by Gasteiger charge is -2.13. The minimum Gasteiger partial charge on any atom is -0.395 e. The highest BCUT2D eigenvalue weighted by molar-refractivity contribution is 7.19. The molecule has 1 aromatic carbocycles. The molecule has 124 valence electrons. The van der Waals surface area contributed by atoms with Crippen LogP contribution in [0.5, 0.6) is 0 Å². The van der Waals surface area contributed by atoms with Crippen molar-refractivity contribution in [1.82, 2.24) is 9.97 Å². The summed E-state index contributed by atoms with van der Waals surface area (Å²) in [6.45, 7) is 0.618. The van der Waals surface area contributed by atoms with Gasteiger partial charge in [-0.3, -0.25) is 0 Å². The van der Waals surface area contributed by atoms with Crippen molar-refractivity contribution >= 4 is 27.4 Å². The molecule has 3 aromatic rings. The van der Waals surface area contributed by atoms with Gasteiger partial charge in [-0.2, -0.15) is 0 Å². The van der Waals surface area contributed by atoms with Gasteiger partial charge in [-0.25, -0.2) is 9.97 Å². The zero-order valence-corrected chi connectivity index (χ0v) is 14.4. The van der Waals surface area contributed by atoms with E-state index in [0.717, 1.165) is 35.7 Å². The molecule has 1 aliphatic carbocycles. The molecule has 1 aliphatic rings. The number of nitrogens with zero attached hydrogens (tertiary/aromatic N) is 2. The summed E-state index contributed by atoms with van der Waals surface area (Å²) in [5.74, 6) is 1.73. The second-order valence-corrected chi connectivity index (χ2v) is 7.28. The van der Waals surface area contributed by atoms with E-state index in [-0.39, 0.29) is 6.61 Å². The Bertz CT molecular complexity index is 845. The highest BCUT2D eigenvalue weighted by Gasteiger charge is 2.21. The molecule has 2 aromatic heterocycles. The van der Waals surface area contributed by atoms with E-state index in [0.29, 0.717) is 6.54 Å². The predicted molar refractivity (Wildman–Crippen MR) is 98.9 cm³/mol. The Morgan fingerprint density at radius 1 is 1.08 bits per heavy atom. The predicted octanol–water partition coefficient (Wildman–Crippen LogP) is 3.57. The summed E-state index contributed by atoms with van der Waals surface area (Å²) >= 11 is 1.82. The van der Waals surface area contributed by atoms with Gasteiger partial charge in [-0.05, 0) is 36.8 Å². The van der Waals surface area contributed by atoms with Gasteiger partial charge in [0.05, 0.1) is 12.0 Å². The second-order valence-electron chi connectivity index (χ2n) is 6.19. The van der Waals surface area contributed by atoms with E-state index in [1.165, 1.54) is 34.2 Å². The molecule has 4 nitrogen and oxygen atoms in total. The minimum absolute atomic E-state index is 0.103.